The molecule has 0 spiro atoms. The number of hydrogen-bond donors (Lipinski definition) is 1. The van der Waals surface area contributed by atoms with E-state index in [1.54, 1.807) is 11.3 Å². The summed E-state index contributed by atoms with van der Waals surface area (Å²) < 4.78 is 6.00. The van der Waals surface area contributed by atoms with E-state index in [1.165, 1.54) is 30.6 Å². The second-order valence-corrected chi connectivity index (χ2v) is 6.95. The smallest absolute Gasteiger partial charge is 0.182 e. The van der Waals surface area contributed by atoms with Crippen molar-refractivity contribution in [3.05, 3.63) is 11.1 Å². The van der Waals surface area contributed by atoms with Gasteiger partial charge < -0.3 is 10.1 Å². The summed E-state index contributed by atoms with van der Waals surface area (Å²) in [7, 11) is 0. The molecule has 18 heavy (non-hydrogen) atoms. The average Bonchev–Trinajstić information content (AvgIpc) is 2.76. The molecule has 1 N–H and O–H groups in total. The highest BCUT2D eigenvalue weighted by Gasteiger charge is 2.27. The fourth-order valence-corrected chi connectivity index (χ4v) is 3.15. The van der Waals surface area contributed by atoms with Gasteiger partial charge in [-0.15, -0.1) is 0 Å². The van der Waals surface area contributed by atoms with Gasteiger partial charge in [-0.25, -0.2) is 4.98 Å². The average molecular weight is 268 g/mol. The van der Waals surface area contributed by atoms with Crippen molar-refractivity contribution in [3.8, 4) is 0 Å². The maximum atomic E-state index is 6.00. The first-order valence-electron chi connectivity index (χ1n) is 6.89. The third kappa shape index (κ3) is 3.95. The van der Waals surface area contributed by atoms with Gasteiger partial charge in [0.15, 0.2) is 5.13 Å². The Morgan fingerprint density at radius 1 is 1.44 bits per heavy atom. The first kappa shape index (κ1) is 13.8. The number of hydrogen-bond acceptors (Lipinski definition) is 4. The largest absolute Gasteiger partial charge is 0.373 e. The number of nitrogens with one attached hydrogen (secondary N) is 1. The van der Waals surface area contributed by atoms with Crippen LogP contribution in [0, 0.1) is 5.41 Å². The molecule has 0 aromatic carbocycles. The summed E-state index contributed by atoms with van der Waals surface area (Å²) in [6.45, 7) is 8.44. The van der Waals surface area contributed by atoms with E-state index in [2.05, 4.69) is 31.1 Å². The molecule has 4 heteroatoms. The van der Waals surface area contributed by atoms with Crippen molar-refractivity contribution in [1.29, 1.82) is 0 Å². The lowest BCUT2D eigenvalue weighted by atomic mass is 9.76. The minimum Gasteiger partial charge on any atom is -0.373 e. The Hall–Kier alpha value is -0.610. The summed E-state index contributed by atoms with van der Waals surface area (Å²) in [6, 6.07) is 0. The SMILES string of the molecule is CCNc1ncc(COC2CCC(C)(C)CC2)s1. The molecule has 0 unspecified atom stereocenters. The van der Waals surface area contributed by atoms with Gasteiger partial charge in [0.05, 0.1) is 17.6 Å². The van der Waals surface area contributed by atoms with E-state index in [0.717, 1.165) is 11.7 Å². The van der Waals surface area contributed by atoms with Gasteiger partial charge in [0, 0.05) is 12.7 Å². The van der Waals surface area contributed by atoms with Crippen LogP contribution in [-0.4, -0.2) is 17.6 Å². The highest BCUT2D eigenvalue weighted by Crippen LogP contribution is 2.36. The summed E-state index contributed by atoms with van der Waals surface area (Å²) >= 11 is 1.70. The molecule has 1 aliphatic rings. The molecule has 1 aliphatic carbocycles. The number of nitrogens with zero attached hydrogens (tertiary/aromatic N) is 1. The van der Waals surface area contributed by atoms with E-state index in [1.807, 2.05) is 6.20 Å². The molecule has 0 saturated heterocycles. The number of thiazole rings is 1. The highest BCUT2D eigenvalue weighted by molar-refractivity contribution is 7.15. The van der Waals surface area contributed by atoms with Crippen molar-refractivity contribution >= 4 is 16.5 Å². The molecule has 1 aromatic heterocycles. The van der Waals surface area contributed by atoms with Gasteiger partial charge in [-0.3, -0.25) is 0 Å². The van der Waals surface area contributed by atoms with Crippen molar-refractivity contribution < 1.29 is 4.74 Å². The molecule has 3 nitrogen and oxygen atoms in total. The molecule has 1 saturated carbocycles. The minimum absolute atomic E-state index is 0.447. The molecule has 0 aliphatic heterocycles. The van der Waals surface area contributed by atoms with E-state index in [-0.39, 0.29) is 0 Å². The Bertz CT molecular complexity index is 366. The van der Waals surface area contributed by atoms with Crippen molar-refractivity contribution in [1.82, 2.24) is 4.98 Å². The fourth-order valence-electron chi connectivity index (χ4n) is 2.35. The summed E-state index contributed by atoms with van der Waals surface area (Å²) in [6.07, 6.45) is 7.34. The predicted octanol–water partition coefficient (Wildman–Crippen LogP) is 4.06. The zero-order valence-electron chi connectivity index (χ0n) is 11.7. The molecule has 0 bridgehead atoms. The third-order valence-corrected chi connectivity index (χ3v) is 4.56. The Balaban J connectivity index is 1.74. The maximum absolute atomic E-state index is 6.00. The second kappa shape index (κ2) is 6.02. The molecule has 0 amide bonds. The summed E-state index contributed by atoms with van der Waals surface area (Å²) in [4.78, 5) is 5.54. The lowest BCUT2D eigenvalue weighted by Crippen LogP contribution is -2.26. The first-order valence-corrected chi connectivity index (χ1v) is 7.71. The monoisotopic (exact) mass is 268 g/mol. The van der Waals surface area contributed by atoms with Crippen LogP contribution in [0.1, 0.15) is 51.3 Å². The standard InChI is InChI=1S/C14H24N2OS/c1-4-15-13-16-9-12(18-13)10-17-11-5-7-14(2,3)8-6-11/h9,11H,4-8,10H2,1-3H3,(H,15,16). The van der Waals surface area contributed by atoms with Crippen LogP contribution < -0.4 is 5.32 Å². The van der Waals surface area contributed by atoms with Crippen molar-refractivity contribution in [2.45, 2.75) is 59.2 Å². The minimum atomic E-state index is 0.447. The van der Waals surface area contributed by atoms with E-state index in [9.17, 15) is 0 Å². The van der Waals surface area contributed by atoms with Gasteiger partial charge in [0.25, 0.3) is 0 Å². The Kier molecular flexibility index (Phi) is 4.62. The van der Waals surface area contributed by atoms with Crippen molar-refractivity contribution in [2.75, 3.05) is 11.9 Å². The van der Waals surface area contributed by atoms with E-state index < -0.39 is 0 Å². The zero-order chi connectivity index (χ0) is 13.0. The quantitative estimate of drug-likeness (QED) is 0.874. The number of ether oxygens (including phenoxy) is 1. The van der Waals surface area contributed by atoms with Crippen LogP contribution in [0.2, 0.25) is 0 Å². The van der Waals surface area contributed by atoms with Gasteiger partial charge >= 0.3 is 0 Å². The van der Waals surface area contributed by atoms with Gasteiger partial charge in [0.1, 0.15) is 0 Å². The van der Waals surface area contributed by atoms with Crippen LogP contribution in [0.4, 0.5) is 5.13 Å². The molecule has 102 valence electrons. The first-order chi connectivity index (χ1) is 8.59. The van der Waals surface area contributed by atoms with E-state index in [0.29, 0.717) is 18.1 Å². The van der Waals surface area contributed by atoms with Crippen LogP contribution in [0.15, 0.2) is 6.20 Å². The molecule has 0 radical (unpaired) electrons. The molecule has 1 aromatic rings. The number of rotatable bonds is 5. The maximum Gasteiger partial charge on any atom is 0.182 e. The molecular formula is C14H24N2OS. The molecule has 0 atom stereocenters. The fraction of sp³-hybridized carbons (Fsp3) is 0.786. The van der Waals surface area contributed by atoms with E-state index >= 15 is 0 Å². The summed E-state index contributed by atoms with van der Waals surface area (Å²) in [5.74, 6) is 0. The van der Waals surface area contributed by atoms with Crippen LogP contribution >= 0.6 is 11.3 Å². The van der Waals surface area contributed by atoms with Crippen LogP contribution in [-0.2, 0) is 11.3 Å². The summed E-state index contributed by atoms with van der Waals surface area (Å²) in [5, 5.41) is 4.23. The van der Waals surface area contributed by atoms with Gasteiger partial charge in [-0.1, -0.05) is 25.2 Å². The topological polar surface area (TPSA) is 34.2 Å². The normalized spacial score (nSPS) is 19.9. The number of anilines is 1. The Labute approximate surface area is 114 Å². The second-order valence-electron chi connectivity index (χ2n) is 5.84. The Morgan fingerprint density at radius 2 is 2.17 bits per heavy atom. The predicted molar refractivity (Wildman–Crippen MR) is 77.1 cm³/mol. The molecule has 1 heterocycles. The lowest BCUT2D eigenvalue weighted by Gasteiger charge is -2.34. The van der Waals surface area contributed by atoms with Crippen molar-refractivity contribution in [3.63, 3.8) is 0 Å². The van der Waals surface area contributed by atoms with Crippen LogP contribution in [0.3, 0.4) is 0 Å². The summed E-state index contributed by atoms with van der Waals surface area (Å²) in [5.41, 5.74) is 0.516. The molecular weight excluding hydrogens is 244 g/mol. The third-order valence-electron chi connectivity index (χ3n) is 3.63. The van der Waals surface area contributed by atoms with Crippen LogP contribution in [0.5, 0.6) is 0 Å². The van der Waals surface area contributed by atoms with E-state index in [4.69, 9.17) is 4.74 Å². The molecule has 2 rings (SSSR count). The highest BCUT2D eigenvalue weighted by atomic mass is 32.1. The zero-order valence-corrected chi connectivity index (χ0v) is 12.5. The van der Waals surface area contributed by atoms with Crippen molar-refractivity contribution in [2.24, 2.45) is 5.41 Å². The van der Waals surface area contributed by atoms with Gasteiger partial charge in [0.2, 0.25) is 0 Å². The lowest BCUT2D eigenvalue weighted by molar-refractivity contribution is -0.00454. The Morgan fingerprint density at radius 3 is 2.83 bits per heavy atom. The van der Waals surface area contributed by atoms with Gasteiger partial charge in [-0.2, -0.15) is 0 Å². The van der Waals surface area contributed by atoms with Gasteiger partial charge in [-0.05, 0) is 38.0 Å². The number of aromatic nitrogens is 1. The van der Waals surface area contributed by atoms with Crippen LogP contribution in [0.25, 0.3) is 0 Å². The molecule has 1 fully saturated rings.